The van der Waals surface area contributed by atoms with E-state index in [1.165, 1.54) is 0 Å². The third-order valence-electron chi connectivity index (χ3n) is 4.05. The molecule has 0 fully saturated rings. The molecule has 0 unspecified atom stereocenters. The van der Waals surface area contributed by atoms with Gasteiger partial charge in [0.1, 0.15) is 0 Å². The predicted molar refractivity (Wildman–Crippen MR) is 128 cm³/mol. The highest BCUT2D eigenvalue weighted by atomic mass is 31.1. The second-order valence-corrected chi connectivity index (χ2v) is 10.6. The smallest absolute Gasteiger partial charge is 0.306 e. The van der Waals surface area contributed by atoms with Gasteiger partial charge in [-0.2, -0.15) is 0 Å². The van der Waals surface area contributed by atoms with Crippen LogP contribution in [0.4, 0.5) is 0 Å². The summed E-state index contributed by atoms with van der Waals surface area (Å²) in [6.45, 7) is 11.1. The van der Waals surface area contributed by atoms with Crippen molar-refractivity contribution in [1.29, 1.82) is 0 Å². The van der Waals surface area contributed by atoms with Crippen molar-refractivity contribution >= 4 is 20.1 Å². The van der Waals surface area contributed by atoms with Gasteiger partial charge >= 0.3 is 8.25 Å². The van der Waals surface area contributed by atoms with Gasteiger partial charge in [0, 0.05) is 11.1 Å². The Bertz CT molecular complexity index is 899. The van der Waals surface area contributed by atoms with Crippen LogP contribution in [-0.4, -0.2) is 23.0 Å². The van der Waals surface area contributed by atoms with Gasteiger partial charge in [-0.15, -0.1) is 0 Å². The molecular formula is C24H33N2O7P. The van der Waals surface area contributed by atoms with Crippen molar-refractivity contribution in [2.24, 2.45) is 0 Å². The van der Waals surface area contributed by atoms with Crippen LogP contribution in [0, 0.1) is 0 Å². The summed E-state index contributed by atoms with van der Waals surface area (Å²) in [7, 11) is -2.73. The third kappa shape index (κ3) is 10.6. The number of rotatable bonds is 10. The van der Waals surface area contributed by atoms with Crippen LogP contribution in [0.1, 0.15) is 73.4 Å². The number of carbonyl (C=O) groups is 2. The monoisotopic (exact) mass is 492 g/mol. The first-order valence-electron chi connectivity index (χ1n) is 10.8. The Hall–Kier alpha value is -2.55. The third-order valence-corrected chi connectivity index (χ3v) is 4.81. The Morgan fingerprint density at radius 2 is 1.00 bits per heavy atom. The van der Waals surface area contributed by atoms with Gasteiger partial charge in [-0.25, -0.2) is 11.0 Å². The van der Waals surface area contributed by atoms with E-state index in [0.29, 0.717) is 11.1 Å². The normalized spacial score (nSPS) is 12.0. The lowest BCUT2D eigenvalue weighted by Gasteiger charge is -2.18. The van der Waals surface area contributed by atoms with Crippen LogP contribution in [0.5, 0.6) is 0 Å². The summed E-state index contributed by atoms with van der Waals surface area (Å²) in [6, 6.07) is 13.3. The van der Waals surface area contributed by atoms with Crippen molar-refractivity contribution < 1.29 is 32.9 Å². The first kappa shape index (κ1) is 27.7. The van der Waals surface area contributed by atoms with Gasteiger partial charge < -0.3 is 9.05 Å². The number of hydrogen-bond donors (Lipinski definition) is 2. The van der Waals surface area contributed by atoms with E-state index in [1.54, 1.807) is 48.5 Å². The molecule has 34 heavy (non-hydrogen) atoms. The van der Waals surface area contributed by atoms with Gasteiger partial charge in [0.15, 0.2) is 0 Å². The molecule has 2 rings (SSSR count). The van der Waals surface area contributed by atoms with Crippen molar-refractivity contribution in [3.05, 3.63) is 70.8 Å². The summed E-state index contributed by atoms with van der Waals surface area (Å²) in [5.74, 6) is -0.714. The van der Waals surface area contributed by atoms with E-state index < -0.39 is 19.5 Å². The number of nitrogens with one attached hydrogen (secondary N) is 2. The standard InChI is InChI=1S/C24H33N2O7P/c1-23(2,3)32-25-21(27)19-11-7-17(8-12-19)15-30-34(29)31-16-18-9-13-20(14-10-18)22(28)26-33-24(4,5)6/h7-14,34H,15-16H2,1-6H3,(H,25,27)(H,26,28). The summed E-state index contributed by atoms with van der Waals surface area (Å²) >= 11 is 0. The highest BCUT2D eigenvalue weighted by molar-refractivity contribution is 7.33. The van der Waals surface area contributed by atoms with Crippen LogP contribution in [0.2, 0.25) is 0 Å². The number of hydrogen-bond acceptors (Lipinski definition) is 7. The minimum absolute atomic E-state index is 0.0745. The topological polar surface area (TPSA) is 112 Å². The molecule has 10 heteroatoms. The highest BCUT2D eigenvalue weighted by Crippen LogP contribution is 2.27. The molecule has 2 aromatic rings. The van der Waals surface area contributed by atoms with Crippen molar-refractivity contribution in [3.63, 3.8) is 0 Å². The molecule has 0 radical (unpaired) electrons. The van der Waals surface area contributed by atoms with Gasteiger partial charge in [-0.1, -0.05) is 24.3 Å². The van der Waals surface area contributed by atoms with Crippen LogP contribution >= 0.6 is 8.25 Å². The highest BCUT2D eigenvalue weighted by Gasteiger charge is 2.15. The number of amides is 2. The van der Waals surface area contributed by atoms with Crippen LogP contribution in [-0.2, 0) is 36.5 Å². The second kappa shape index (κ2) is 12.2. The zero-order valence-electron chi connectivity index (χ0n) is 20.4. The SMILES string of the molecule is CC(C)(C)ONC(=O)c1ccc(CO[PH](=O)OCc2ccc(C(=O)NOC(C)(C)C)cc2)cc1. The lowest BCUT2D eigenvalue weighted by Crippen LogP contribution is -2.33. The molecule has 0 spiro atoms. The predicted octanol–water partition coefficient (Wildman–Crippen LogP) is 4.73. The molecule has 2 aromatic carbocycles. The Labute approximate surface area is 201 Å². The van der Waals surface area contributed by atoms with Crippen molar-refractivity contribution in [2.45, 2.75) is 66.0 Å². The average Bonchev–Trinajstić information content (AvgIpc) is 2.78. The molecule has 0 aromatic heterocycles. The maximum atomic E-state index is 12.1. The average molecular weight is 493 g/mol. The van der Waals surface area contributed by atoms with Gasteiger partial charge in [-0.05, 0) is 76.9 Å². The molecule has 0 aliphatic heterocycles. The lowest BCUT2D eigenvalue weighted by atomic mass is 10.1. The van der Waals surface area contributed by atoms with E-state index in [9.17, 15) is 14.2 Å². The second-order valence-electron chi connectivity index (χ2n) is 9.51. The zero-order chi connectivity index (χ0) is 25.4. The Morgan fingerprint density at radius 1 is 0.676 bits per heavy atom. The minimum Gasteiger partial charge on any atom is -0.306 e. The van der Waals surface area contributed by atoms with Crippen LogP contribution in [0.25, 0.3) is 0 Å². The van der Waals surface area contributed by atoms with E-state index >= 15 is 0 Å². The summed E-state index contributed by atoms with van der Waals surface area (Å²) < 4.78 is 22.7. The molecule has 2 N–H and O–H groups in total. The molecule has 0 bridgehead atoms. The summed E-state index contributed by atoms with van der Waals surface area (Å²) in [5, 5.41) is 0. The Morgan fingerprint density at radius 3 is 1.29 bits per heavy atom. The van der Waals surface area contributed by atoms with Crippen molar-refractivity contribution in [1.82, 2.24) is 11.0 Å². The van der Waals surface area contributed by atoms with Crippen LogP contribution < -0.4 is 11.0 Å². The molecule has 9 nitrogen and oxygen atoms in total. The van der Waals surface area contributed by atoms with Crippen LogP contribution in [0.3, 0.4) is 0 Å². The fourth-order valence-corrected chi connectivity index (χ4v) is 3.00. The first-order chi connectivity index (χ1) is 15.8. The van der Waals surface area contributed by atoms with Crippen LogP contribution in [0.15, 0.2) is 48.5 Å². The Balaban J connectivity index is 1.75. The molecule has 0 aliphatic carbocycles. The molecular weight excluding hydrogens is 459 g/mol. The van der Waals surface area contributed by atoms with Gasteiger partial charge in [-0.3, -0.25) is 23.8 Å². The maximum Gasteiger partial charge on any atom is 0.319 e. The lowest BCUT2D eigenvalue weighted by molar-refractivity contribution is -0.0590. The fraction of sp³-hybridized carbons (Fsp3) is 0.417. The van der Waals surface area contributed by atoms with E-state index in [0.717, 1.165) is 11.1 Å². The summed E-state index contributed by atoms with van der Waals surface area (Å²) in [5.41, 5.74) is 6.15. The summed E-state index contributed by atoms with van der Waals surface area (Å²) in [4.78, 5) is 34.6. The van der Waals surface area contributed by atoms with E-state index in [-0.39, 0.29) is 25.0 Å². The molecule has 0 aliphatic rings. The Kier molecular flexibility index (Phi) is 9.97. The summed E-state index contributed by atoms with van der Waals surface area (Å²) in [6.07, 6.45) is 0. The van der Waals surface area contributed by atoms with E-state index in [2.05, 4.69) is 11.0 Å². The van der Waals surface area contributed by atoms with Gasteiger partial charge in [0.05, 0.1) is 24.4 Å². The molecule has 186 valence electrons. The number of benzene rings is 2. The number of hydroxylamine groups is 2. The van der Waals surface area contributed by atoms with Gasteiger partial charge in [0.25, 0.3) is 11.8 Å². The molecule has 0 saturated heterocycles. The maximum absolute atomic E-state index is 12.1. The minimum atomic E-state index is -2.73. The number of carbonyl (C=O) groups excluding carboxylic acids is 2. The van der Waals surface area contributed by atoms with Crippen molar-refractivity contribution in [2.75, 3.05) is 0 Å². The fourth-order valence-electron chi connectivity index (χ4n) is 2.35. The molecule has 2 amide bonds. The van der Waals surface area contributed by atoms with E-state index in [1.807, 2.05) is 41.5 Å². The largest absolute Gasteiger partial charge is 0.319 e. The first-order valence-corrected chi connectivity index (χ1v) is 12.0. The quantitative estimate of drug-likeness (QED) is 0.364. The molecule has 0 heterocycles. The zero-order valence-corrected chi connectivity index (χ0v) is 21.4. The van der Waals surface area contributed by atoms with Gasteiger partial charge in [0.2, 0.25) is 0 Å². The van der Waals surface area contributed by atoms with E-state index in [4.69, 9.17) is 18.7 Å². The van der Waals surface area contributed by atoms with Crippen molar-refractivity contribution in [3.8, 4) is 0 Å². The molecule has 0 atom stereocenters. The molecule has 0 saturated carbocycles.